The summed E-state index contributed by atoms with van der Waals surface area (Å²) in [7, 11) is 3.20. The van der Waals surface area contributed by atoms with E-state index in [0.717, 1.165) is 21.8 Å². The van der Waals surface area contributed by atoms with Gasteiger partial charge in [0.05, 0.1) is 38.1 Å². The van der Waals surface area contributed by atoms with Gasteiger partial charge in [-0.25, -0.2) is 4.98 Å². The van der Waals surface area contributed by atoms with Crippen LogP contribution in [0.15, 0.2) is 78.3 Å². The standard InChI is InChI=1S/C25H23N3O3S/c1-30-21-12-11-18(14-22(21)31-2)25-27-19(16-32-25)15-23(29)28-24(17-8-4-3-5-9-17)20-10-6-7-13-26-20/h3-14,16,24H,15H2,1-2H3,(H,28,29). The van der Waals surface area contributed by atoms with E-state index in [1.165, 1.54) is 11.3 Å². The lowest BCUT2D eigenvalue weighted by atomic mass is 10.0. The Labute approximate surface area is 190 Å². The first-order valence-corrected chi connectivity index (χ1v) is 11.0. The Kier molecular flexibility index (Phi) is 6.77. The van der Waals surface area contributed by atoms with Crippen molar-refractivity contribution in [2.24, 2.45) is 0 Å². The summed E-state index contributed by atoms with van der Waals surface area (Å²) < 4.78 is 10.7. The molecular formula is C25H23N3O3S. The highest BCUT2D eigenvalue weighted by molar-refractivity contribution is 7.13. The molecule has 4 aromatic rings. The Morgan fingerprint density at radius 3 is 2.50 bits per heavy atom. The number of carbonyl (C=O) groups is 1. The highest BCUT2D eigenvalue weighted by atomic mass is 32.1. The van der Waals surface area contributed by atoms with Crippen molar-refractivity contribution in [1.29, 1.82) is 0 Å². The molecule has 2 aromatic carbocycles. The van der Waals surface area contributed by atoms with Gasteiger partial charge in [-0.15, -0.1) is 11.3 Å². The number of methoxy groups -OCH3 is 2. The molecule has 1 unspecified atom stereocenters. The lowest BCUT2D eigenvalue weighted by molar-refractivity contribution is -0.121. The van der Waals surface area contributed by atoms with Crippen molar-refractivity contribution >= 4 is 17.2 Å². The molecule has 32 heavy (non-hydrogen) atoms. The average Bonchev–Trinajstić information content (AvgIpc) is 3.31. The van der Waals surface area contributed by atoms with Gasteiger partial charge < -0.3 is 14.8 Å². The van der Waals surface area contributed by atoms with Crippen LogP contribution in [0.2, 0.25) is 0 Å². The smallest absolute Gasteiger partial charge is 0.226 e. The molecule has 1 amide bonds. The summed E-state index contributed by atoms with van der Waals surface area (Å²) in [5.41, 5.74) is 3.39. The fourth-order valence-corrected chi connectivity index (χ4v) is 4.20. The Bertz CT molecular complexity index is 1140. The zero-order valence-electron chi connectivity index (χ0n) is 17.8. The summed E-state index contributed by atoms with van der Waals surface area (Å²) in [6.07, 6.45) is 1.91. The predicted octanol–water partition coefficient (Wildman–Crippen LogP) is 4.67. The van der Waals surface area contributed by atoms with Gasteiger partial charge in [0.2, 0.25) is 5.91 Å². The number of aromatic nitrogens is 2. The van der Waals surface area contributed by atoms with Gasteiger partial charge in [-0.1, -0.05) is 36.4 Å². The minimum Gasteiger partial charge on any atom is -0.493 e. The zero-order chi connectivity index (χ0) is 22.3. The summed E-state index contributed by atoms with van der Waals surface area (Å²) in [6, 6.07) is 20.8. The number of ether oxygens (including phenoxy) is 2. The number of nitrogens with one attached hydrogen (secondary N) is 1. The average molecular weight is 446 g/mol. The molecule has 0 saturated heterocycles. The molecule has 162 valence electrons. The Morgan fingerprint density at radius 1 is 1.00 bits per heavy atom. The Hall–Kier alpha value is -3.71. The van der Waals surface area contributed by atoms with Crippen LogP contribution >= 0.6 is 11.3 Å². The molecule has 2 heterocycles. The maximum atomic E-state index is 12.9. The van der Waals surface area contributed by atoms with Crippen LogP contribution < -0.4 is 14.8 Å². The normalized spacial score (nSPS) is 11.6. The van der Waals surface area contributed by atoms with Crippen LogP contribution in [0.4, 0.5) is 0 Å². The van der Waals surface area contributed by atoms with Crippen molar-refractivity contribution in [2.45, 2.75) is 12.5 Å². The van der Waals surface area contributed by atoms with Crippen molar-refractivity contribution in [2.75, 3.05) is 14.2 Å². The summed E-state index contributed by atoms with van der Waals surface area (Å²) in [5.74, 6) is 1.18. The predicted molar refractivity (Wildman–Crippen MR) is 125 cm³/mol. The number of pyridine rings is 1. The van der Waals surface area contributed by atoms with E-state index < -0.39 is 0 Å². The van der Waals surface area contributed by atoms with Crippen LogP contribution in [-0.2, 0) is 11.2 Å². The van der Waals surface area contributed by atoms with Gasteiger partial charge in [0, 0.05) is 17.1 Å². The molecule has 4 rings (SSSR count). The minimum atomic E-state index is -0.325. The Balaban J connectivity index is 1.50. The number of hydrogen-bond acceptors (Lipinski definition) is 6. The van der Waals surface area contributed by atoms with Crippen molar-refractivity contribution in [3.05, 3.63) is 95.3 Å². The van der Waals surface area contributed by atoms with Crippen molar-refractivity contribution in [1.82, 2.24) is 15.3 Å². The molecule has 0 spiro atoms. The third-order valence-electron chi connectivity index (χ3n) is 4.95. The summed E-state index contributed by atoms with van der Waals surface area (Å²) in [5, 5.41) is 5.83. The van der Waals surface area contributed by atoms with Gasteiger partial charge in [-0.3, -0.25) is 9.78 Å². The lowest BCUT2D eigenvalue weighted by Crippen LogP contribution is -2.31. The highest BCUT2D eigenvalue weighted by Gasteiger charge is 2.19. The second-order valence-electron chi connectivity index (χ2n) is 7.06. The number of hydrogen-bond donors (Lipinski definition) is 1. The maximum Gasteiger partial charge on any atom is 0.226 e. The van der Waals surface area contributed by atoms with Gasteiger partial charge >= 0.3 is 0 Å². The SMILES string of the molecule is COc1ccc(-c2nc(CC(=O)NC(c3ccccc3)c3ccccn3)cs2)cc1OC. The van der Waals surface area contributed by atoms with E-state index >= 15 is 0 Å². The maximum absolute atomic E-state index is 12.9. The fourth-order valence-electron chi connectivity index (χ4n) is 3.39. The molecule has 0 aliphatic rings. The molecular weight excluding hydrogens is 422 g/mol. The van der Waals surface area contributed by atoms with Crippen molar-refractivity contribution in [3.63, 3.8) is 0 Å². The van der Waals surface area contributed by atoms with Crippen LogP contribution in [0.25, 0.3) is 10.6 Å². The molecule has 0 fully saturated rings. The molecule has 0 bridgehead atoms. The van der Waals surface area contributed by atoms with Crippen molar-refractivity contribution in [3.8, 4) is 22.1 Å². The van der Waals surface area contributed by atoms with E-state index in [9.17, 15) is 4.79 Å². The van der Waals surface area contributed by atoms with Crippen LogP contribution in [-0.4, -0.2) is 30.1 Å². The molecule has 1 atom stereocenters. The largest absolute Gasteiger partial charge is 0.493 e. The fraction of sp³-hybridized carbons (Fsp3) is 0.160. The van der Waals surface area contributed by atoms with E-state index in [-0.39, 0.29) is 18.4 Å². The number of thiazole rings is 1. The highest BCUT2D eigenvalue weighted by Crippen LogP contribution is 2.33. The minimum absolute atomic E-state index is 0.117. The summed E-state index contributed by atoms with van der Waals surface area (Å²) in [6.45, 7) is 0. The molecule has 0 saturated carbocycles. The van der Waals surface area contributed by atoms with Gasteiger partial charge in [-0.05, 0) is 35.9 Å². The lowest BCUT2D eigenvalue weighted by Gasteiger charge is -2.18. The monoisotopic (exact) mass is 445 g/mol. The quantitative estimate of drug-likeness (QED) is 0.427. The number of rotatable bonds is 8. The molecule has 0 radical (unpaired) electrons. The molecule has 7 heteroatoms. The van der Waals surface area contributed by atoms with Gasteiger partial charge in [0.1, 0.15) is 5.01 Å². The van der Waals surface area contributed by atoms with E-state index in [1.807, 2.05) is 72.1 Å². The second kappa shape index (κ2) is 10.1. The van der Waals surface area contributed by atoms with E-state index in [4.69, 9.17) is 9.47 Å². The summed E-state index contributed by atoms with van der Waals surface area (Å²) in [4.78, 5) is 22.0. The zero-order valence-corrected chi connectivity index (χ0v) is 18.6. The summed E-state index contributed by atoms with van der Waals surface area (Å²) >= 11 is 1.49. The molecule has 0 aliphatic carbocycles. The third kappa shape index (κ3) is 4.95. The number of nitrogens with zero attached hydrogens (tertiary/aromatic N) is 2. The van der Waals surface area contributed by atoms with E-state index in [1.54, 1.807) is 20.4 Å². The number of carbonyl (C=O) groups excluding carboxylic acids is 1. The first-order chi connectivity index (χ1) is 15.7. The van der Waals surface area contributed by atoms with Crippen LogP contribution in [0.1, 0.15) is 23.0 Å². The van der Waals surface area contributed by atoms with Crippen molar-refractivity contribution < 1.29 is 14.3 Å². The number of amides is 1. The van der Waals surface area contributed by atoms with Crippen LogP contribution in [0.3, 0.4) is 0 Å². The van der Waals surface area contributed by atoms with Crippen LogP contribution in [0.5, 0.6) is 11.5 Å². The van der Waals surface area contributed by atoms with Gasteiger partial charge in [-0.2, -0.15) is 0 Å². The number of benzene rings is 2. The van der Waals surface area contributed by atoms with Gasteiger partial charge in [0.15, 0.2) is 11.5 Å². The van der Waals surface area contributed by atoms with Crippen LogP contribution in [0, 0.1) is 0 Å². The van der Waals surface area contributed by atoms with E-state index in [2.05, 4.69) is 15.3 Å². The topological polar surface area (TPSA) is 73.3 Å². The van der Waals surface area contributed by atoms with Gasteiger partial charge in [0.25, 0.3) is 0 Å². The Morgan fingerprint density at radius 2 is 1.78 bits per heavy atom. The third-order valence-corrected chi connectivity index (χ3v) is 5.89. The first kappa shape index (κ1) is 21.5. The molecule has 2 aromatic heterocycles. The second-order valence-corrected chi connectivity index (χ2v) is 7.91. The first-order valence-electron chi connectivity index (χ1n) is 10.1. The molecule has 6 nitrogen and oxygen atoms in total. The molecule has 0 aliphatic heterocycles. The molecule has 1 N–H and O–H groups in total. The van der Waals surface area contributed by atoms with E-state index in [0.29, 0.717) is 17.2 Å².